The molecule has 2 atom stereocenters. The number of carbonyl (C=O) groups excluding carboxylic acids is 1. The fourth-order valence-corrected chi connectivity index (χ4v) is 2.14. The van der Waals surface area contributed by atoms with Crippen LogP contribution in [0, 0.1) is 6.92 Å². The molecule has 0 saturated heterocycles. The largest absolute Gasteiger partial charge is 0.481 e. The standard InChI is InChI=1S/C17H28N2O2/c1-6-15(7-2)19-17(20)13(5)21-16-9-8-14(12(4)18)10-11(16)3/h8-10,12-13,15H,6-7,18H2,1-5H3,(H,19,20)/t12-,13?/m1/s1. The monoisotopic (exact) mass is 292 g/mol. The Labute approximate surface area is 128 Å². The van der Waals surface area contributed by atoms with Crippen LogP contribution in [-0.2, 0) is 4.79 Å². The third kappa shape index (κ3) is 5.05. The van der Waals surface area contributed by atoms with E-state index in [-0.39, 0.29) is 18.0 Å². The number of rotatable bonds is 7. The molecular formula is C17H28N2O2. The van der Waals surface area contributed by atoms with E-state index in [2.05, 4.69) is 19.2 Å². The first-order chi connectivity index (χ1) is 9.88. The van der Waals surface area contributed by atoms with Crippen LogP contribution in [0.1, 0.15) is 57.7 Å². The van der Waals surface area contributed by atoms with Gasteiger partial charge in [-0.25, -0.2) is 0 Å². The van der Waals surface area contributed by atoms with Crippen molar-refractivity contribution < 1.29 is 9.53 Å². The van der Waals surface area contributed by atoms with E-state index in [1.54, 1.807) is 6.92 Å². The molecule has 4 nitrogen and oxygen atoms in total. The molecular weight excluding hydrogens is 264 g/mol. The van der Waals surface area contributed by atoms with E-state index in [9.17, 15) is 4.79 Å². The third-order valence-corrected chi connectivity index (χ3v) is 3.73. The highest BCUT2D eigenvalue weighted by molar-refractivity contribution is 5.81. The molecule has 0 aliphatic carbocycles. The van der Waals surface area contributed by atoms with Gasteiger partial charge >= 0.3 is 0 Å². The summed E-state index contributed by atoms with van der Waals surface area (Å²) in [6.07, 6.45) is 1.35. The van der Waals surface area contributed by atoms with Crippen molar-refractivity contribution in [1.29, 1.82) is 0 Å². The van der Waals surface area contributed by atoms with Gasteiger partial charge in [0, 0.05) is 12.1 Å². The van der Waals surface area contributed by atoms with Crippen LogP contribution in [0.25, 0.3) is 0 Å². The Hall–Kier alpha value is -1.55. The van der Waals surface area contributed by atoms with E-state index in [0.717, 1.165) is 29.7 Å². The van der Waals surface area contributed by atoms with Crippen LogP contribution >= 0.6 is 0 Å². The summed E-state index contributed by atoms with van der Waals surface area (Å²) in [5.74, 6) is 0.658. The van der Waals surface area contributed by atoms with Crippen molar-refractivity contribution in [3.63, 3.8) is 0 Å². The van der Waals surface area contributed by atoms with Gasteiger partial charge in [0.25, 0.3) is 5.91 Å². The van der Waals surface area contributed by atoms with Crippen molar-refractivity contribution in [2.45, 2.75) is 65.6 Å². The van der Waals surface area contributed by atoms with Gasteiger partial charge in [-0.2, -0.15) is 0 Å². The van der Waals surface area contributed by atoms with Gasteiger partial charge < -0.3 is 15.8 Å². The van der Waals surface area contributed by atoms with E-state index >= 15 is 0 Å². The molecule has 21 heavy (non-hydrogen) atoms. The molecule has 0 aliphatic heterocycles. The molecule has 1 rings (SSSR count). The molecule has 0 saturated carbocycles. The number of amides is 1. The van der Waals surface area contributed by atoms with Gasteiger partial charge in [0.1, 0.15) is 5.75 Å². The first-order valence-electron chi connectivity index (χ1n) is 7.72. The third-order valence-electron chi connectivity index (χ3n) is 3.73. The van der Waals surface area contributed by atoms with Gasteiger partial charge in [0.2, 0.25) is 0 Å². The minimum Gasteiger partial charge on any atom is -0.481 e. The first-order valence-corrected chi connectivity index (χ1v) is 7.72. The van der Waals surface area contributed by atoms with Crippen molar-refractivity contribution in [2.75, 3.05) is 0 Å². The highest BCUT2D eigenvalue weighted by Crippen LogP contribution is 2.23. The lowest BCUT2D eigenvalue weighted by molar-refractivity contribution is -0.128. The van der Waals surface area contributed by atoms with Crippen LogP contribution < -0.4 is 15.8 Å². The van der Waals surface area contributed by atoms with E-state index in [4.69, 9.17) is 10.5 Å². The molecule has 0 bridgehead atoms. The lowest BCUT2D eigenvalue weighted by Gasteiger charge is -2.20. The first kappa shape index (κ1) is 17.5. The van der Waals surface area contributed by atoms with Gasteiger partial charge in [-0.05, 0) is 50.8 Å². The van der Waals surface area contributed by atoms with Crippen molar-refractivity contribution in [2.24, 2.45) is 5.73 Å². The average molecular weight is 292 g/mol. The van der Waals surface area contributed by atoms with E-state index in [0.29, 0.717) is 0 Å². The van der Waals surface area contributed by atoms with Crippen LogP contribution in [-0.4, -0.2) is 18.1 Å². The smallest absolute Gasteiger partial charge is 0.260 e. The second-order valence-electron chi connectivity index (χ2n) is 5.60. The Morgan fingerprint density at radius 2 is 1.90 bits per heavy atom. The number of carbonyl (C=O) groups is 1. The average Bonchev–Trinajstić information content (AvgIpc) is 2.46. The summed E-state index contributed by atoms with van der Waals surface area (Å²) in [5.41, 5.74) is 7.92. The Balaban J connectivity index is 2.70. The Morgan fingerprint density at radius 1 is 1.29 bits per heavy atom. The summed E-state index contributed by atoms with van der Waals surface area (Å²) < 4.78 is 5.78. The number of nitrogens with one attached hydrogen (secondary N) is 1. The Kier molecular flexibility index (Phi) is 6.69. The number of aryl methyl sites for hydroxylation is 1. The molecule has 0 fully saturated rings. The molecule has 0 aromatic heterocycles. The lowest BCUT2D eigenvalue weighted by Crippen LogP contribution is -2.42. The number of nitrogens with two attached hydrogens (primary N) is 1. The predicted octanol–water partition coefficient (Wildman–Crippen LogP) is 3.09. The number of hydrogen-bond donors (Lipinski definition) is 2. The number of benzene rings is 1. The van der Waals surface area contributed by atoms with Crippen LogP contribution in [0.3, 0.4) is 0 Å². The SMILES string of the molecule is CCC(CC)NC(=O)C(C)Oc1ccc([C@@H](C)N)cc1C. The van der Waals surface area contributed by atoms with Crippen molar-refractivity contribution in [1.82, 2.24) is 5.32 Å². The molecule has 1 unspecified atom stereocenters. The molecule has 118 valence electrons. The second kappa shape index (κ2) is 8.03. The van der Waals surface area contributed by atoms with Crippen LogP contribution in [0.5, 0.6) is 5.75 Å². The Morgan fingerprint density at radius 3 is 2.38 bits per heavy atom. The quantitative estimate of drug-likeness (QED) is 0.811. The minimum absolute atomic E-state index is 0.00617. The van der Waals surface area contributed by atoms with Gasteiger partial charge in [0.05, 0.1) is 0 Å². The zero-order valence-corrected chi connectivity index (χ0v) is 13.8. The summed E-state index contributed by atoms with van der Waals surface area (Å²) in [4.78, 5) is 12.1. The lowest BCUT2D eigenvalue weighted by atomic mass is 10.1. The normalized spacial score (nSPS) is 13.9. The van der Waals surface area contributed by atoms with Crippen molar-refractivity contribution in [3.05, 3.63) is 29.3 Å². The Bertz CT molecular complexity index is 468. The van der Waals surface area contributed by atoms with E-state index < -0.39 is 6.10 Å². The number of hydrogen-bond acceptors (Lipinski definition) is 3. The summed E-state index contributed by atoms with van der Waals surface area (Å²) in [6.45, 7) is 9.82. The zero-order valence-electron chi connectivity index (χ0n) is 13.8. The van der Waals surface area contributed by atoms with Gasteiger partial charge in [0.15, 0.2) is 6.10 Å². The second-order valence-corrected chi connectivity index (χ2v) is 5.60. The van der Waals surface area contributed by atoms with Crippen LogP contribution in [0.2, 0.25) is 0 Å². The van der Waals surface area contributed by atoms with Crippen molar-refractivity contribution in [3.8, 4) is 5.75 Å². The molecule has 4 heteroatoms. The molecule has 1 amide bonds. The maximum absolute atomic E-state index is 12.1. The predicted molar refractivity (Wildman–Crippen MR) is 86.4 cm³/mol. The van der Waals surface area contributed by atoms with Crippen LogP contribution in [0.4, 0.5) is 0 Å². The van der Waals surface area contributed by atoms with Crippen molar-refractivity contribution >= 4 is 5.91 Å². The van der Waals surface area contributed by atoms with Gasteiger partial charge in [-0.1, -0.05) is 26.0 Å². The molecule has 0 aliphatic rings. The molecule has 3 N–H and O–H groups in total. The fraction of sp³-hybridized carbons (Fsp3) is 0.588. The summed E-state index contributed by atoms with van der Waals surface area (Å²) >= 11 is 0. The maximum Gasteiger partial charge on any atom is 0.260 e. The highest BCUT2D eigenvalue weighted by Gasteiger charge is 2.18. The fourth-order valence-electron chi connectivity index (χ4n) is 2.14. The van der Waals surface area contributed by atoms with Gasteiger partial charge in [-0.15, -0.1) is 0 Å². The maximum atomic E-state index is 12.1. The van der Waals surface area contributed by atoms with Crippen LogP contribution in [0.15, 0.2) is 18.2 Å². The number of ether oxygens (including phenoxy) is 1. The van der Waals surface area contributed by atoms with E-state index in [1.807, 2.05) is 32.0 Å². The zero-order chi connectivity index (χ0) is 16.0. The summed E-state index contributed by atoms with van der Waals surface area (Å²) in [7, 11) is 0. The molecule has 1 aromatic carbocycles. The van der Waals surface area contributed by atoms with E-state index in [1.165, 1.54) is 0 Å². The molecule has 0 heterocycles. The summed E-state index contributed by atoms with van der Waals surface area (Å²) in [6, 6.07) is 6.04. The highest BCUT2D eigenvalue weighted by atomic mass is 16.5. The minimum atomic E-state index is -0.509. The van der Waals surface area contributed by atoms with Gasteiger partial charge in [-0.3, -0.25) is 4.79 Å². The summed E-state index contributed by atoms with van der Waals surface area (Å²) in [5, 5.41) is 3.00. The topological polar surface area (TPSA) is 64.3 Å². The molecule has 0 spiro atoms. The molecule has 1 aromatic rings. The molecule has 0 radical (unpaired) electrons.